The van der Waals surface area contributed by atoms with Gasteiger partial charge in [-0.15, -0.1) is 0 Å². The van der Waals surface area contributed by atoms with Gasteiger partial charge in [-0.1, -0.05) is 30.3 Å². The van der Waals surface area contributed by atoms with Crippen molar-refractivity contribution in [3.63, 3.8) is 0 Å². The van der Waals surface area contributed by atoms with E-state index in [-0.39, 0.29) is 30.3 Å². The lowest BCUT2D eigenvalue weighted by Gasteiger charge is -2.15. The Hall–Kier alpha value is -4.38. The van der Waals surface area contributed by atoms with E-state index in [2.05, 4.69) is 15.5 Å². The number of benzene rings is 2. The van der Waals surface area contributed by atoms with Crippen molar-refractivity contribution in [2.24, 2.45) is 19.2 Å². The van der Waals surface area contributed by atoms with E-state index in [0.29, 0.717) is 17.2 Å². The van der Waals surface area contributed by atoms with Crippen LogP contribution in [0.5, 0.6) is 11.5 Å². The molecule has 4 rings (SSSR count). The summed E-state index contributed by atoms with van der Waals surface area (Å²) in [7, 11) is 4.51. The molecule has 0 saturated heterocycles. The van der Waals surface area contributed by atoms with E-state index < -0.39 is 17.4 Å². The highest BCUT2D eigenvalue weighted by Gasteiger charge is 2.21. The molecule has 1 unspecified atom stereocenters. The number of imidazole rings is 1. The van der Waals surface area contributed by atoms with Gasteiger partial charge in [0.05, 0.1) is 19.4 Å². The van der Waals surface area contributed by atoms with Crippen LogP contribution in [0.25, 0.3) is 11.2 Å². The largest absolute Gasteiger partial charge is 0.497 e. The summed E-state index contributed by atoms with van der Waals surface area (Å²) < 4.78 is 14.6. The quantitative estimate of drug-likeness (QED) is 0.269. The van der Waals surface area contributed by atoms with E-state index in [1.165, 1.54) is 23.2 Å². The van der Waals surface area contributed by atoms with Crippen LogP contribution in [-0.2, 0) is 20.6 Å². The minimum atomic E-state index is -0.994. The molecule has 11 heteroatoms. The zero-order chi connectivity index (χ0) is 25.8. The molecule has 2 aromatic heterocycles. The first-order chi connectivity index (χ1) is 17.3. The minimum absolute atomic E-state index is 0.0255. The number of nitrogens with zero attached hydrogens (tertiary/aromatic N) is 5. The molecule has 188 valence electrons. The smallest absolute Gasteiger partial charge is 0.332 e. The van der Waals surface area contributed by atoms with Crippen LogP contribution in [0, 0.1) is 0 Å². The molecule has 2 aromatic carbocycles. The first-order valence-corrected chi connectivity index (χ1v) is 11.3. The fourth-order valence-corrected chi connectivity index (χ4v) is 3.72. The van der Waals surface area contributed by atoms with Crippen molar-refractivity contribution in [2.45, 2.75) is 19.6 Å². The highest BCUT2D eigenvalue weighted by Crippen LogP contribution is 2.19. The van der Waals surface area contributed by atoms with Crippen LogP contribution < -0.4 is 26.1 Å². The van der Waals surface area contributed by atoms with Crippen LogP contribution in [0.1, 0.15) is 12.5 Å². The Morgan fingerprint density at radius 3 is 2.39 bits per heavy atom. The fourth-order valence-electron chi connectivity index (χ4n) is 3.72. The number of methoxy groups -OCH3 is 1. The molecule has 2 N–H and O–H groups in total. The highest BCUT2D eigenvalue weighted by atomic mass is 16.5. The van der Waals surface area contributed by atoms with Crippen LogP contribution in [0.2, 0.25) is 0 Å². The molecule has 0 fully saturated rings. The molecule has 0 amide bonds. The fraction of sp³-hybridized carbons (Fsp3) is 0.280. The molecule has 0 radical (unpaired) electrons. The van der Waals surface area contributed by atoms with Gasteiger partial charge in [-0.25, -0.2) is 10.2 Å². The Balaban J connectivity index is 1.66. The Kier molecular flexibility index (Phi) is 7.20. The summed E-state index contributed by atoms with van der Waals surface area (Å²) in [4.78, 5) is 29.9. The number of hydrazone groups is 1. The summed E-state index contributed by atoms with van der Waals surface area (Å²) in [5.41, 5.74) is 3.81. The molecule has 0 aliphatic heterocycles. The molecule has 0 aliphatic rings. The maximum Gasteiger partial charge on any atom is 0.332 e. The molecule has 36 heavy (non-hydrogen) atoms. The summed E-state index contributed by atoms with van der Waals surface area (Å²) in [6.07, 6.45) is -0.994. The lowest BCUT2D eigenvalue weighted by molar-refractivity contribution is 0.0938. The first-order valence-electron chi connectivity index (χ1n) is 11.3. The van der Waals surface area contributed by atoms with Gasteiger partial charge in [0.15, 0.2) is 11.2 Å². The second-order valence-electron chi connectivity index (χ2n) is 8.24. The Morgan fingerprint density at radius 1 is 1.06 bits per heavy atom. The third kappa shape index (κ3) is 5.01. The van der Waals surface area contributed by atoms with Gasteiger partial charge < -0.3 is 19.1 Å². The second-order valence-corrected chi connectivity index (χ2v) is 8.24. The minimum Gasteiger partial charge on any atom is -0.497 e. The molecule has 11 nitrogen and oxygen atoms in total. The monoisotopic (exact) mass is 492 g/mol. The number of aliphatic hydroxyl groups excluding tert-OH is 1. The molecule has 0 saturated carbocycles. The number of rotatable bonds is 9. The molecular weight excluding hydrogens is 464 g/mol. The molecule has 0 spiro atoms. The highest BCUT2D eigenvalue weighted by molar-refractivity contribution is 5.99. The summed E-state index contributed by atoms with van der Waals surface area (Å²) >= 11 is 0. The maximum absolute atomic E-state index is 13.0. The standard InChI is InChI=1S/C25H28N6O5/c1-16(17-8-6-5-7-9-17)27-28-24-26-22-21(23(33)30(3)25(34)29(22)2)31(24)14-18(32)15-36-20-12-10-19(35-4)11-13-20/h5-13,18,32H,14-15H2,1-4H3,(H,26,28). The number of aryl methyl sites for hydroxylation is 1. The molecular formula is C25H28N6O5. The number of aliphatic hydroxyl groups is 1. The third-order valence-electron chi connectivity index (χ3n) is 5.76. The number of hydrogen-bond acceptors (Lipinski definition) is 8. The summed E-state index contributed by atoms with van der Waals surface area (Å²) in [6.45, 7) is 1.77. The number of anilines is 1. The lowest BCUT2D eigenvalue weighted by Crippen LogP contribution is -2.38. The van der Waals surface area contributed by atoms with Crippen molar-refractivity contribution in [3.8, 4) is 11.5 Å². The van der Waals surface area contributed by atoms with Gasteiger partial charge in [0.2, 0.25) is 5.95 Å². The van der Waals surface area contributed by atoms with Crippen LogP contribution in [0.3, 0.4) is 0 Å². The molecule has 2 heterocycles. The van der Waals surface area contributed by atoms with E-state index in [1.54, 1.807) is 31.4 Å². The SMILES string of the molecule is COc1ccc(OCC(O)Cn2c(NN=C(C)c3ccccc3)nc3c2c(=O)n(C)c(=O)n3C)cc1. The Morgan fingerprint density at radius 2 is 1.72 bits per heavy atom. The summed E-state index contributed by atoms with van der Waals surface area (Å²) in [5.74, 6) is 1.46. The molecule has 4 aromatic rings. The van der Waals surface area contributed by atoms with E-state index in [0.717, 1.165) is 10.1 Å². The second kappa shape index (κ2) is 10.5. The van der Waals surface area contributed by atoms with Gasteiger partial charge >= 0.3 is 5.69 Å². The van der Waals surface area contributed by atoms with Gasteiger partial charge in [-0.2, -0.15) is 10.1 Å². The van der Waals surface area contributed by atoms with Gasteiger partial charge in [0, 0.05) is 14.1 Å². The van der Waals surface area contributed by atoms with Crippen molar-refractivity contribution < 1.29 is 14.6 Å². The molecule has 0 aliphatic carbocycles. The number of nitrogens with one attached hydrogen (secondary N) is 1. The molecule has 0 bridgehead atoms. The van der Waals surface area contributed by atoms with Crippen LogP contribution in [-0.4, -0.2) is 49.3 Å². The van der Waals surface area contributed by atoms with E-state index in [4.69, 9.17) is 9.47 Å². The van der Waals surface area contributed by atoms with Crippen molar-refractivity contribution in [1.29, 1.82) is 0 Å². The average molecular weight is 493 g/mol. The molecule has 1 atom stereocenters. The zero-order valence-electron chi connectivity index (χ0n) is 20.5. The third-order valence-corrected chi connectivity index (χ3v) is 5.76. The van der Waals surface area contributed by atoms with Gasteiger partial charge in [0.25, 0.3) is 5.56 Å². The summed E-state index contributed by atoms with van der Waals surface area (Å²) in [5, 5.41) is 15.2. The lowest BCUT2D eigenvalue weighted by atomic mass is 10.1. The van der Waals surface area contributed by atoms with Crippen molar-refractivity contribution in [1.82, 2.24) is 18.7 Å². The van der Waals surface area contributed by atoms with E-state index in [9.17, 15) is 14.7 Å². The number of hydrogen-bond donors (Lipinski definition) is 2. The summed E-state index contributed by atoms with van der Waals surface area (Å²) in [6, 6.07) is 16.5. The van der Waals surface area contributed by atoms with Crippen molar-refractivity contribution in [3.05, 3.63) is 81.0 Å². The number of aromatic nitrogens is 4. The number of ether oxygens (including phenoxy) is 2. The van der Waals surface area contributed by atoms with Crippen LogP contribution in [0.15, 0.2) is 69.3 Å². The van der Waals surface area contributed by atoms with Crippen LogP contribution in [0.4, 0.5) is 5.95 Å². The van der Waals surface area contributed by atoms with Gasteiger partial charge in [-0.3, -0.25) is 13.9 Å². The van der Waals surface area contributed by atoms with Gasteiger partial charge in [-0.05, 0) is 36.8 Å². The van der Waals surface area contributed by atoms with Gasteiger partial charge in [0.1, 0.15) is 24.2 Å². The zero-order valence-corrected chi connectivity index (χ0v) is 20.5. The average Bonchev–Trinajstić information content (AvgIpc) is 3.26. The van der Waals surface area contributed by atoms with Crippen molar-refractivity contribution in [2.75, 3.05) is 19.1 Å². The Bertz CT molecular complexity index is 1500. The van der Waals surface area contributed by atoms with E-state index >= 15 is 0 Å². The normalized spacial score (nSPS) is 12.5. The predicted molar refractivity (Wildman–Crippen MR) is 137 cm³/mol. The topological polar surface area (TPSA) is 125 Å². The first kappa shape index (κ1) is 24.7. The predicted octanol–water partition coefficient (Wildman–Crippen LogP) is 1.72. The van der Waals surface area contributed by atoms with Crippen LogP contribution >= 0.6 is 0 Å². The van der Waals surface area contributed by atoms with Crippen molar-refractivity contribution >= 4 is 22.8 Å². The maximum atomic E-state index is 13.0. The Labute approximate surface area is 206 Å². The van der Waals surface area contributed by atoms with E-state index in [1.807, 2.05) is 37.3 Å². The number of fused-ring (bicyclic) bond motifs is 1.